The Morgan fingerprint density at radius 1 is 1.32 bits per heavy atom. The molecule has 0 spiro atoms. The van der Waals surface area contributed by atoms with Gasteiger partial charge in [0.05, 0.1) is 13.4 Å². The summed E-state index contributed by atoms with van der Waals surface area (Å²) in [5.74, 6) is 1.32. The minimum absolute atomic E-state index is 0.229. The zero-order valence-electron chi connectivity index (χ0n) is 11.8. The van der Waals surface area contributed by atoms with Crippen molar-refractivity contribution in [1.29, 1.82) is 0 Å². The molecule has 0 unspecified atom stereocenters. The molecule has 0 saturated carbocycles. The summed E-state index contributed by atoms with van der Waals surface area (Å²) >= 11 is 0. The molecule has 0 radical (unpaired) electrons. The monoisotopic (exact) mass is 258 g/mol. The lowest BCUT2D eigenvalue weighted by atomic mass is 9.79. The molecule has 1 atom stereocenters. The van der Waals surface area contributed by atoms with Crippen LogP contribution in [0.25, 0.3) is 11.0 Å². The fraction of sp³-hybridized carbons (Fsp3) is 0.438. The maximum absolute atomic E-state index is 12.4. The predicted molar refractivity (Wildman–Crippen MR) is 74.1 cm³/mol. The molecule has 0 amide bonds. The highest BCUT2D eigenvalue weighted by molar-refractivity contribution is 6.07. The Morgan fingerprint density at radius 2 is 2.05 bits per heavy atom. The predicted octanol–water partition coefficient (Wildman–Crippen LogP) is 3.82. The Balaban J connectivity index is 2.47. The van der Waals surface area contributed by atoms with E-state index in [9.17, 15) is 4.79 Å². The van der Waals surface area contributed by atoms with E-state index in [1.165, 1.54) is 0 Å². The average molecular weight is 258 g/mol. The Hall–Kier alpha value is -1.77. The fourth-order valence-corrected chi connectivity index (χ4v) is 3.29. The third-order valence-corrected chi connectivity index (χ3v) is 4.07. The molecule has 2 aromatic rings. The Bertz CT molecular complexity index is 679. The molecule has 0 aliphatic heterocycles. The van der Waals surface area contributed by atoms with Gasteiger partial charge in [0.2, 0.25) is 0 Å². The van der Waals surface area contributed by atoms with Crippen LogP contribution in [0.5, 0.6) is 5.75 Å². The van der Waals surface area contributed by atoms with Crippen molar-refractivity contribution in [2.24, 2.45) is 5.92 Å². The van der Waals surface area contributed by atoms with Gasteiger partial charge >= 0.3 is 0 Å². The fourth-order valence-electron chi connectivity index (χ4n) is 3.29. The number of rotatable bonds is 1. The lowest BCUT2D eigenvalue weighted by molar-refractivity contribution is 0.0952. The average Bonchev–Trinajstić information content (AvgIpc) is 2.71. The summed E-state index contributed by atoms with van der Waals surface area (Å²) in [6.07, 6.45) is 3.30. The molecular formula is C16H18O3. The lowest BCUT2D eigenvalue weighted by Gasteiger charge is -2.24. The molecule has 19 heavy (non-hydrogen) atoms. The topological polar surface area (TPSA) is 39.4 Å². The van der Waals surface area contributed by atoms with Gasteiger partial charge < -0.3 is 9.15 Å². The minimum Gasteiger partial charge on any atom is -0.493 e. The zero-order chi connectivity index (χ0) is 13.7. The van der Waals surface area contributed by atoms with E-state index >= 15 is 0 Å². The van der Waals surface area contributed by atoms with Crippen molar-refractivity contribution >= 4 is 16.8 Å². The normalized spacial score (nSPS) is 18.7. The van der Waals surface area contributed by atoms with Gasteiger partial charge in [-0.05, 0) is 37.3 Å². The Morgan fingerprint density at radius 3 is 2.74 bits per heavy atom. The molecule has 100 valence electrons. The number of ketones is 1. The van der Waals surface area contributed by atoms with E-state index in [2.05, 4.69) is 6.92 Å². The van der Waals surface area contributed by atoms with E-state index in [0.717, 1.165) is 39.6 Å². The van der Waals surface area contributed by atoms with Gasteiger partial charge in [-0.25, -0.2) is 0 Å². The summed E-state index contributed by atoms with van der Waals surface area (Å²) in [6, 6.07) is 0. The number of carbonyl (C=O) groups is 1. The van der Waals surface area contributed by atoms with Crippen LogP contribution in [-0.2, 0) is 6.42 Å². The molecule has 3 nitrogen and oxygen atoms in total. The maximum atomic E-state index is 12.4. The van der Waals surface area contributed by atoms with Crippen LogP contribution in [0, 0.1) is 19.8 Å². The van der Waals surface area contributed by atoms with Crippen LogP contribution in [0.1, 0.15) is 40.4 Å². The first-order valence-electron chi connectivity index (χ1n) is 6.65. The number of hydrogen-bond donors (Lipinski definition) is 0. The van der Waals surface area contributed by atoms with Crippen molar-refractivity contribution in [1.82, 2.24) is 0 Å². The van der Waals surface area contributed by atoms with Gasteiger partial charge in [0.15, 0.2) is 17.1 Å². The van der Waals surface area contributed by atoms with Crippen LogP contribution < -0.4 is 4.74 Å². The molecule has 1 aromatic heterocycles. The lowest BCUT2D eigenvalue weighted by Crippen LogP contribution is -2.20. The Labute approximate surface area is 112 Å². The number of ether oxygens (including phenoxy) is 1. The molecule has 0 fully saturated rings. The molecule has 3 rings (SSSR count). The molecule has 0 saturated heterocycles. The second-order valence-corrected chi connectivity index (χ2v) is 5.57. The van der Waals surface area contributed by atoms with Gasteiger partial charge in [0.25, 0.3) is 0 Å². The van der Waals surface area contributed by atoms with Crippen LogP contribution in [0.2, 0.25) is 0 Å². The quantitative estimate of drug-likeness (QED) is 0.780. The van der Waals surface area contributed by atoms with Gasteiger partial charge in [-0.3, -0.25) is 4.79 Å². The van der Waals surface area contributed by atoms with E-state index in [-0.39, 0.29) is 5.78 Å². The largest absolute Gasteiger partial charge is 0.493 e. The standard InChI is InChI=1S/C16H18O3/c1-8-5-11-13-9(2)7-19-16(13)15(18-4)10(3)14(11)12(17)6-8/h7-8H,5-6H2,1-4H3/t8-/m0/s1. The van der Waals surface area contributed by atoms with Gasteiger partial charge in [-0.1, -0.05) is 6.92 Å². The van der Waals surface area contributed by atoms with Crippen molar-refractivity contribution in [2.45, 2.75) is 33.6 Å². The third kappa shape index (κ3) is 1.61. The smallest absolute Gasteiger partial charge is 0.176 e. The number of Topliss-reactive ketones (excluding diaryl/α,β-unsaturated/α-hetero) is 1. The van der Waals surface area contributed by atoms with Crippen molar-refractivity contribution in [3.63, 3.8) is 0 Å². The second-order valence-electron chi connectivity index (χ2n) is 5.57. The number of benzene rings is 1. The summed E-state index contributed by atoms with van der Waals surface area (Å²) < 4.78 is 11.1. The van der Waals surface area contributed by atoms with Gasteiger partial charge in [0, 0.05) is 22.9 Å². The summed E-state index contributed by atoms with van der Waals surface area (Å²) in [5, 5.41) is 1.07. The van der Waals surface area contributed by atoms with Gasteiger partial charge in [-0.15, -0.1) is 0 Å². The summed E-state index contributed by atoms with van der Waals surface area (Å²) in [5.41, 5.74) is 4.76. The number of methoxy groups -OCH3 is 1. The number of aryl methyl sites for hydroxylation is 1. The van der Waals surface area contributed by atoms with E-state index in [1.807, 2.05) is 13.8 Å². The first-order chi connectivity index (χ1) is 9.04. The zero-order valence-corrected chi connectivity index (χ0v) is 11.8. The van der Waals surface area contributed by atoms with Crippen molar-refractivity contribution < 1.29 is 13.9 Å². The minimum atomic E-state index is 0.229. The number of carbonyl (C=O) groups excluding carboxylic acids is 1. The molecule has 3 heteroatoms. The molecule has 1 aliphatic carbocycles. The van der Waals surface area contributed by atoms with Crippen LogP contribution in [0.15, 0.2) is 10.7 Å². The van der Waals surface area contributed by atoms with Crippen LogP contribution >= 0.6 is 0 Å². The van der Waals surface area contributed by atoms with Gasteiger partial charge in [0.1, 0.15) is 0 Å². The third-order valence-electron chi connectivity index (χ3n) is 4.07. The molecule has 1 aliphatic rings. The number of hydrogen-bond acceptors (Lipinski definition) is 3. The van der Waals surface area contributed by atoms with Gasteiger partial charge in [-0.2, -0.15) is 0 Å². The van der Waals surface area contributed by atoms with Crippen LogP contribution in [0.3, 0.4) is 0 Å². The molecular weight excluding hydrogens is 240 g/mol. The summed E-state index contributed by atoms with van der Waals surface area (Å²) in [4.78, 5) is 12.4. The second kappa shape index (κ2) is 4.12. The summed E-state index contributed by atoms with van der Waals surface area (Å²) in [6.45, 7) is 6.09. The first-order valence-corrected chi connectivity index (χ1v) is 6.65. The highest BCUT2D eigenvalue weighted by Gasteiger charge is 2.30. The molecule has 0 N–H and O–H groups in total. The van der Waals surface area contributed by atoms with Crippen molar-refractivity contribution in [3.05, 3.63) is 28.5 Å². The van der Waals surface area contributed by atoms with E-state index in [1.54, 1.807) is 13.4 Å². The first kappa shape index (κ1) is 12.3. The molecule has 1 aromatic carbocycles. The van der Waals surface area contributed by atoms with E-state index < -0.39 is 0 Å². The van der Waals surface area contributed by atoms with Crippen LogP contribution in [0.4, 0.5) is 0 Å². The highest BCUT2D eigenvalue weighted by atomic mass is 16.5. The maximum Gasteiger partial charge on any atom is 0.176 e. The SMILES string of the molecule is COc1c(C)c2c(c3c(C)coc13)C[C@H](C)CC2=O. The van der Waals surface area contributed by atoms with E-state index in [0.29, 0.717) is 18.1 Å². The molecule has 0 bridgehead atoms. The highest BCUT2D eigenvalue weighted by Crippen LogP contribution is 2.42. The molecule has 1 heterocycles. The van der Waals surface area contributed by atoms with Crippen molar-refractivity contribution in [3.8, 4) is 5.75 Å². The number of fused-ring (bicyclic) bond motifs is 3. The number of furan rings is 1. The summed E-state index contributed by atoms with van der Waals surface area (Å²) in [7, 11) is 1.63. The van der Waals surface area contributed by atoms with Crippen molar-refractivity contribution in [2.75, 3.05) is 7.11 Å². The Kier molecular flexibility index (Phi) is 2.66. The van der Waals surface area contributed by atoms with E-state index in [4.69, 9.17) is 9.15 Å². The van der Waals surface area contributed by atoms with Crippen LogP contribution in [-0.4, -0.2) is 12.9 Å².